The Morgan fingerprint density at radius 3 is 2.94 bits per heavy atom. The van der Waals surface area contributed by atoms with Crippen molar-refractivity contribution < 1.29 is 14.3 Å². The van der Waals surface area contributed by atoms with Gasteiger partial charge in [0.2, 0.25) is 0 Å². The van der Waals surface area contributed by atoms with Crippen LogP contribution in [-0.2, 0) is 16.1 Å². The third kappa shape index (κ3) is 1.75. The fourth-order valence-corrected chi connectivity index (χ4v) is 2.10. The summed E-state index contributed by atoms with van der Waals surface area (Å²) < 4.78 is 6.90. The van der Waals surface area contributed by atoms with Gasteiger partial charge in [-0.1, -0.05) is 13.8 Å². The zero-order valence-corrected chi connectivity index (χ0v) is 9.47. The van der Waals surface area contributed by atoms with Crippen LogP contribution in [0.2, 0.25) is 0 Å². The number of carbonyl (C=O) groups excluding carboxylic acids is 2. The number of hydrogen-bond donors (Lipinski definition) is 0. The molecular weight excluding hydrogens is 206 g/mol. The summed E-state index contributed by atoms with van der Waals surface area (Å²) in [5.41, 5.74) is 1.45. The van der Waals surface area contributed by atoms with Crippen molar-refractivity contribution in [3.8, 4) is 0 Å². The van der Waals surface area contributed by atoms with Crippen LogP contribution in [-0.4, -0.2) is 16.8 Å². The van der Waals surface area contributed by atoms with Crippen molar-refractivity contribution in [1.29, 1.82) is 0 Å². The zero-order valence-electron chi connectivity index (χ0n) is 9.47. The minimum Gasteiger partial charge on any atom is -0.458 e. The van der Waals surface area contributed by atoms with Gasteiger partial charge in [0.1, 0.15) is 12.6 Å². The Balaban J connectivity index is 2.41. The highest BCUT2D eigenvalue weighted by Crippen LogP contribution is 2.28. The first-order chi connectivity index (χ1) is 7.63. The largest absolute Gasteiger partial charge is 0.458 e. The van der Waals surface area contributed by atoms with Crippen molar-refractivity contribution in [2.45, 2.75) is 32.9 Å². The van der Waals surface area contributed by atoms with Crippen LogP contribution in [0.15, 0.2) is 12.1 Å². The van der Waals surface area contributed by atoms with Gasteiger partial charge in [-0.05, 0) is 24.5 Å². The molecule has 0 radical (unpaired) electrons. The van der Waals surface area contributed by atoms with Crippen LogP contribution < -0.4 is 0 Å². The Morgan fingerprint density at radius 1 is 1.56 bits per heavy atom. The molecule has 0 unspecified atom stereocenters. The molecule has 0 saturated carbocycles. The Bertz CT molecular complexity index is 420. The molecule has 2 heterocycles. The average Bonchev–Trinajstić information content (AvgIpc) is 2.65. The molecule has 1 aromatic heterocycles. The van der Waals surface area contributed by atoms with Crippen LogP contribution in [0.4, 0.5) is 0 Å². The molecule has 0 fully saturated rings. The molecule has 86 valence electrons. The summed E-state index contributed by atoms with van der Waals surface area (Å²) in [6.07, 6.45) is 1.48. The summed E-state index contributed by atoms with van der Waals surface area (Å²) >= 11 is 0. The van der Waals surface area contributed by atoms with Gasteiger partial charge in [0.05, 0.1) is 11.4 Å². The molecule has 0 saturated heterocycles. The molecule has 0 aromatic carbocycles. The van der Waals surface area contributed by atoms with Crippen LogP contribution in [0, 0.1) is 5.92 Å². The van der Waals surface area contributed by atoms with E-state index in [2.05, 4.69) is 0 Å². The van der Waals surface area contributed by atoms with E-state index in [-0.39, 0.29) is 18.6 Å². The van der Waals surface area contributed by atoms with Gasteiger partial charge in [0.25, 0.3) is 0 Å². The number of ether oxygens (including phenoxy) is 1. The van der Waals surface area contributed by atoms with Gasteiger partial charge in [0.15, 0.2) is 6.29 Å². The van der Waals surface area contributed by atoms with Crippen LogP contribution in [0.25, 0.3) is 0 Å². The third-order valence-electron chi connectivity index (χ3n) is 2.80. The maximum atomic E-state index is 11.7. The maximum absolute atomic E-state index is 11.7. The topological polar surface area (TPSA) is 48.3 Å². The molecule has 2 rings (SSSR count). The highest BCUT2D eigenvalue weighted by atomic mass is 16.5. The monoisotopic (exact) mass is 221 g/mol. The van der Waals surface area contributed by atoms with E-state index in [1.807, 2.05) is 19.9 Å². The van der Waals surface area contributed by atoms with Gasteiger partial charge in [-0.15, -0.1) is 0 Å². The number of rotatable bonds is 3. The number of esters is 1. The quantitative estimate of drug-likeness (QED) is 0.579. The summed E-state index contributed by atoms with van der Waals surface area (Å²) in [4.78, 5) is 22.6. The lowest BCUT2D eigenvalue weighted by molar-refractivity contribution is -0.152. The van der Waals surface area contributed by atoms with E-state index < -0.39 is 0 Å². The smallest absolute Gasteiger partial charge is 0.329 e. The first kappa shape index (κ1) is 10.9. The number of carbonyl (C=O) groups is 2. The highest BCUT2D eigenvalue weighted by Gasteiger charge is 2.30. The van der Waals surface area contributed by atoms with Gasteiger partial charge in [0, 0.05) is 0 Å². The molecular formula is C12H15NO3. The molecule has 16 heavy (non-hydrogen) atoms. The number of nitrogens with zero attached hydrogens (tertiary/aromatic N) is 1. The minimum absolute atomic E-state index is 0.236. The molecule has 0 amide bonds. The number of cyclic esters (lactones) is 1. The second-order valence-corrected chi connectivity index (χ2v) is 4.49. The van der Waals surface area contributed by atoms with Crippen LogP contribution in [0.5, 0.6) is 0 Å². The Labute approximate surface area is 94.2 Å². The standard InChI is InChI=1S/C12H15NO3/c1-8(2)5-11-12(15)16-7-10-4-3-9(6-14)13(10)11/h3-4,6,8,11H,5,7H2,1-2H3/t11-/m0/s1. The number of hydrogen-bond acceptors (Lipinski definition) is 3. The molecule has 4 heteroatoms. The second-order valence-electron chi connectivity index (χ2n) is 4.49. The van der Waals surface area contributed by atoms with Gasteiger partial charge < -0.3 is 9.30 Å². The fraction of sp³-hybridized carbons (Fsp3) is 0.500. The molecule has 0 spiro atoms. The van der Waals surface area contributed by atoms with Crippen molar-refractivity contribution in [2.24, 2.45) is 5.92 Å². The van der Waals surface area contributed by atoms with E-state index in [0.29, 0.717) is 18.0 Å². The molecule has 4 nitrogen and oxygen atoms in total. The van der Waals surface area contributed by atoms with E-state index in [1.165, 1.54) is 0 Å². The van der Waals surface area contributed by atoms with Crippen molar-refractivity contribution in [2.75, 3.05) is 0 Å². The lowest BCUT2D eigenvalue weighted by Gasteiger charge is -2.27. The second kappa shape index (κ2) is 4.12. The summed E-state index contributed by atoms with van der Waals surface area (Å²) in [5.74, 6) is 0.144. The van der Waals surface area contributed by atoms with E-state index in [0.717, 1.165) is 12.0 Å². The van der Waals surface area contributed by atoms with Crippen molar-refractivity contribution in [3.63, 3.8) is 0 Å². The van der Waals surface area contributed by atoms with Gasteiger partial charge in [-0.25, -0.2) is 4.79 Å². The Morgan fingerprint density at radius 2 is 2.31 bits per heavy atom. The summed E-state index contributed by atoms with van der Waals surface area (Å²) in [6, 6.07) is 3.22. The molecule has 1 aliphatic rings. The molecule has 0 bridgehead atoms. The first-order valence-corrected chi connectivity index (χ1v) is 5.45. The lowest BCUT2D eigenvalue weighted by atomic mass is 10.0. The Hall–Kier alpha value is -1.58. The normalized spacial score (nSPS) is 19.4. The molecule has 0 aliphatic carbocycles. The van der Waals surface area contributed by atoms with E-state index in [4.69, 9.17) is 4.74 Å². The fourth-order valence-electron chi connectivity index (χ4n) is 2.10. The molecule has 1 aromatic rings. The van der Waals surface area contributed by atoms with Crippen molar-refractivity contribution >= 4 is 12.3 Å². The molecule has 1 aliphatic heterocycles. The maximum Gasteiger partial charge on any atom is 0.329 e. The predicted octanol–water partition coefficient (Wildman–Crippen LogP) is 1.94. The lowest BCUT2D eigenvalue weighted by Crippen LogP contribution is -2.30. The Kier molecular flexibility index (Phi) is 2.81. The van der Waals surface area contributed by atoms with Crippen LogP contribution in [0.1, 0.15) is 42.5 Å². The number of aromatic nitrogens is 1. The molecule has 1 atom stereocenters. The van der Waals surface area contributed by atoms with Gasteiger partial charge >= 0.3 is 5.97 Å². The van der Waals surface area contributed by atoms with Crippen LogP contribution in [0.3, 0.4) is 0 Å². The average molecular weight is 221 g/mol. The van der Waals surface area contributed by atoms with E-state index >= 15 is 0 Å². The minimum atomic E-state index is -0.348. The summed E-state index contributed by atoms with van der Waals surface area (Å²) in [5, 5.41) is 0. The summed E-state index contributed by atoms with van der Waals surface area (Å²) in [6.45, 7) is 4.36. The van der Waals surface area contributed by atoms with Gasteiger partial charge in [-0.2, -0.15) is 0 Å². The molecule has 0 N–H and O–H groups in total. The third-order valence-corrected chi connectivity index (χ3v) is 2.80. The van der Waals surface area contributed by atoms with E-state index in [9.17, 15) is 9.59 Å². The zero-order chi connectivity index (χ0) is 11.7. The summed E-state index contributed by atoms with van der Waals surface area (Å²) in [7, 11) is 0. The number of aldehydes is 1. The van der Waals surface area contributed by atoms with Crippen molar-refractivity contribution in [3.05, 3.63) is 23.5 Å². The van der Waals surface area contributed by atoms with Crippen molar-refractivity contribution in [1.82, 2.24) is 4.57 Å². The first-order valence-electron chi connectivity index (χ1n) is 5.45. The predicted molar refractivity (Wildman–Crippen MR) is 58.1 cm³/mol. The number of fused-ring (bicyclic) bond motifs is 1. The van der Waals surface area contributed by atoms with E-state index in [1.54, 1.807) is 10.6 Å². The van der Waals surface area contributed by atoms with Gasteiger partial charge in [-0.3, -0.25) is 4.79 Å². The van der Waals surface area contributed by atoms with Crippen LogP contribution >= 0.6 is 0 Å². The highest BCUT2D eigenvalue weighted by molar-refractivity contribution is 5.79. The SMILES string of the molecule is CC(C)C[C@H]1C(=O)OCc2ccc(C=O)n21.